The first-order valence-electron chi connectivity index (χ1n) is 9.81. The van der Waals surface area contributed by atoms with Crippen LogP contribution in [0.2, 0.25) is 0 Å². The standard InChI is InChI=1S/C23H24N4O3/c1-16-22(25-11-10-24-16)18-6-5-17(15-21(18)28-13-4-12-27(2)3)30-23-19-8-14-29-20(19)7-9-26-23/h5-11,14-15H,4,12-13H2,1-3H3. The number of benzene rings is 1. The fourth-order valence-electron chi connectivity index (χ4n) is 3.18. The minimum absolute atomic E-state index is 0.489. The third-order valence-electron chi connectivity index (χ3n) is 4.65. The molecule has 7 nitrogen and oxygen atoms in total. The largest absolute Gasteiger partial charge is 0.493 e. The molecule has 4 rings (SSSR count). The highest BCUT2D eigenvalue weighted by atomic mass is 16.5. The number of hydrogen-bond donors (Lipinski definition) is 0. The van der Waals surface area contributed by atoms with E-state index < -0.39 is 0 Å². The highest BCUT2D eigenvalue weighted by Crippen LogP contribution is 2.36. The molecule has 0 spiro atoms. The lowest BCUT2D eigenvalue weighted by atomic mass is 10.1. The molecule has 0 unspecified atom stereocenters. The van der Waals surface area contributed by atoms with E-state index in [1.54, 1.807) is 30.9 Å². The van der Waals surface area contributed by atoms with Crippen LogP contribution in [0.25, 0.3) is 22.2 Å². The Kier molecular flexibility index (Phi) is 5.90. The van der Waals surface area contributed by atoms with Crippen molar-refractivity contribution in [2.45, 2.75) is 13.3 Å². The quantitative estimate of drug-likeness (QED) is 0.394. The Hall–Kier alpha value is -3.45. The normalized spacial score (nSPS) is 11.2. The molecule has 0 aliphatic rings. The highest BCUT2D eigenvalue weighted by molar-refractivity contribution is 5.82. The van der Waals surface area contributed by atoms with Crippen LogP contribution in [0.4, 0.5) is 0 Å². The summed E-state index contributed by atoms with van der Waals surface area (Å²) < 4.78 is 17.6. The number of aromatic nitrogens is 3. The zero-order chi connectivity index (χ0) is 20.9. The van der Waals surface area contributed by atoms with Crippen LogP contribution in [0.1, 0.15) is 12.1 Å². The van der Waals surface area contributed by atoms with E-state index in [0.717, 1.165) is 40.9 Å². The van der Waals surface area contributed by atoms with Gasteiger partial charge >= 0.3 is 0 Å². The second-order valence-electron chi connectivity index (χ2n) is 7.20. The number of nitrogens with zero attached hydrogens (tertiary/aromatic N) is 4. The second kappa shape index (κ2) is 8.92. The van der Waals surface area contributed by atoms with Gasteiger partial charge in [-0.1, -0.05) is 0 Å². The Labute approximate surface area is 175 Å². The first-order valence-corrected chi connectivity index (χ1v) is 9.81. The van der Waals surface area contributed by atoms with Crippen LogP contribution in [-0.4, -0.2) is 47.1 Å². The Morgan fingerprint density at radius 2 is 1.87 bits per heavy atom. The summed E-state index contributed by atoms with van der Waals surface area (Å²) in [6.45, 7) is 3.47. The van der Waals surface area contributed by atoms with E-state index in [9.17, 15) is 0 Å². The fourth-order valence-corrected chi connectivity index (χ4v) is 3.18. The van der Waals surface area contributed by atoms with Crippen LogP contribution >= 0.6 is 0 Å². The Balaban J connectivity index is 1.64. The maximum absolute atomic E-state index is 6.13. The van der Waals surface area contributed by atoms with Crippen molar-refractivity contribution in [3.05, 3.63) is 60.9 Å². The SMILES string of the molecule is Cc1nccnc1-c1ccc(Oc2nccc3occc23)cc1OCCCN(C)C. The molecule has 1 aromatic carbocycles. The van der Waals surface area contributed by atoms with Crippen molar-refractivity contribution < 1.29 is 13.9 Å². The summed E-state index contributed by atoms with van der Waals surface area (Å²) in [7, 11) is 4.10. The fraction of sp³-hybridized carbons (Fsp3) is 0.261. The Morgan fingerprint density at radius 3 is 2.70 bits per heavy atom. The van der Waals surface area contributed by atoms with E-state index in [0.29, 0.717) is 24.0 Å². The lowest BCUT2D eigenvalue weighted by Gasteiger charge is -2.15. The van der Waals surface area contributed by atoms with Crippen LogP contribution in [0, 0.1) is 6.92 Å². The number of rotatable bonds is 8. The molecule has 0 saturated heterocycles. The maximum atomic E-state index is 6.13. The van der Waals surface area contributed by atoms with Crippen LogP contribution in [-0.2, 0) is 0 Å². The number of pyridine rings is 1. The van der Waals surface area contributed by atoms with Crippen molar-refractivity contribution in [1.29, 1.82) is 0 Å². The number of hydrogen-bond acceptors (Lipinski definition) is 7. The third kappa shape index (κ3) is 4.41. The summed E-state index contributed by atoms with van der Waals surface area (Å²) in [5, 5.41) is 0.819. The predicted molar refractivity (Wildman–Crippen MR) is 115 cm³/mol. The average Bonchev–Trinajstić information content (AvgIpc) is 3.22. The molecule has 0 saturated carbocycles. The average molecular weight is 404 g/mol. The van der Waals surface area contributed by atoms with Gasteiger partial charge in [0.2, 0.25) is 5.88 Å². The monoisotopic (exact) mass is 404 g/mol. The minimum atomic E-state index is 0.489. The van der Waals surface area contributed by atoms with Gasteiger partial charge in [0.05, 0.1) is 29.6 Å². The number of aryl methyl sites for hydroxylation is 1. The first kappa shape index (κ1) is 19.8. The molecular formula is C23H24N4O3. The highest BCUT2D eigenvalue weighted by Gasteiger charge is 2.14. The lowest BCUT2D eigenvalue weighted by molar-refractivity contribution is 0.281. The molecule has 0 fully saturated rings. The third-order valence-corrected chi connectivity index (χ3v) is 4.65. The van der Waals surface area contributed by atoms with Gasteiger partial charge in [0.15, 0.2) is 0 Å². The van der Waals surface area contributed by atoms with E-state index in [4.69, 9.17) is 13.9 Å². The van der Waals surface area contributed by atoms with Crippen molar-refractivity contribution in [3.8, 4) is 28.6 Å². The van der Waals surface area contributed by atoms with Gasteiger partial charge in [0.1, 0.15) is 17.1 Å². The number of fused-ring (bicyclic) bond motifs is 1. The summed E-state index contributed by atoms with van der Waals surface area (Å²) in [5.41, 5.74) is 3.25. The van der Waals surface area contributed by atoms with Gasteiger partial charge < -0.3 is 18.8 Å². The van der Waals surface area contributed by atoms with Gasteiger partial charge in [0, 0.05) is 36.8 Å². The predicted octanol–water partition coefficient (Wildman–Crippen LogP) is 4.72. The summed E-state index contributed by atoms with van der Waals surface area (Å²) in [4.78, 5) is 15.3. The van der Waals surface area contributed by atoms with Crippen LogP contribution < -0.4 is 9.47 Å². The van der Waals surface area contributed by atoms with E-state index in [1.165, 1.54) is 0 Å². The molecule has 0 N–H and O–H groups in total. The minimum Gasteiger partial charge on any atom is -0.493 e. The van der Waals surface area contributed by atoms with Crippen molar-refractivity contribution in [1.82, 2.24) is 19.9 Å². The van der Waals surface area contributed by atoms with Crippen LogP contribution in [0.15, 0.2) is 59.6 Å². The molecular weight excluding hydrogens is 380 g/mol. The Bertz CT molecular complexity index is 1140. The molecule has 0 bridgehead atoms. The number of furan rings is 1. The molecule has 0 aliphatic carbocycles. The van der Waals surface area contributed by atoms with E-state index in [-0.39, 0.29) is 0 Å². The van der Waals surface area contributed by atoms with Gasteiger partial charge in [-0.25, -0.2) is 4.98 Å². The van der Waals surface area contributed by atoms with Gasteiger partial charge in [-0.05, 0) is 51.7 Å². The van der Waals surface area contributed by atoms with Crippen molar-refractivity contribution >= 4 is 11.0 Å². The van der Waals surface area contributed by atoms with Gasteiger partial charge in [-0.3, -0.25) is 9.97 Å². The smallest absolute Gasteiger partial charge is 0.230 e. The Morgan fingerprint density at radius 1 is 1.00 bits per heavy atom. The summed E-state index contributed by atoms with van der Waals surface area (Å²) in [6.07, 6.45) is 7.57. The van der Waals surface area contributed by atoms with Crippen LogP contribution in [0.3, 0.4) is 0 Å². The molecule has 7 heteroatoms. The first-order chi connectivity index (χ1) is 14.6. The number of ether oxygens (including phenoxy) is 2. The molecule has 0 atom stereocenters. The molecule has 3 aromatic heterocycles. The molecule has 30 heavy (non-hydrogen) atoms. The lowest BCUT2D eigenvalue weighted by Crippen LogP contribution is -2.15. The molecule has 3 heterocycles. The van der Waals surface area contributed by atoms with E-state index in [1.807, 2.05) is 45.3 Å². The van der Waals surface area contributed by atoms with E-state index >= 15 is 0 Å². The molecule has 154 valence electrons. The van der Waals surface area contributed by atoms with Gasteiger partial charge in [0.25, 0.3) is 0 Å². The second-order valence-corrected chi connectivity index (χ2v) is 7.20. The van der Waals surface area contributed by atoms with Gasteiger partial charge in [-0.15, -0.1) is 0 Å². The summed E-state index contributed by atoms with van der Waals surface area (Å²) in [5.74, 6) is 1.82. The summed E-state index contributed by atoms with van der Waals surface area (Å²) in [6, 6.07) is 9.36. The molecule has 4 aromatic rings. The molecule has 0 aliphatic heterocycles. The maximum Gasteiger partial charge on any atom is 0.230 e. The zero-order valence-corrected chi connectivity index (χ0v) is 17.3. The van der Waals surface area contributed by atoms with Gasteiger partial charge in [-0.2, -0.15) is 0 Å². The molecule has 0 amide bonds. The van der Waals surface area contributed by atoms with Crippen molar-refractivity contribution in [2.75, 3.05) is 27.2 Å². The summed E-state index contributed by atoms with van der Waals surface area (Å²) >= 11 is 0. The van der Waals surface area contributed by atoms with Crippen molar-refractivity contribution in [2.24, 2.45) is 0 Å². The van der Waals surface area contributed by atoms with E-state index in [2.05, 4.69) is 19.9 Å². The zero-order valence-electron chi connectivity index (χ0n) is 17.3. The molecule has 0 radical (unpaired) electrons. The van der Waals surface area contributed by atoms with Crippen molar-refractivity contribution in [3.63, 3.8) is 0 Å². The van der Waals surface area contributed by atoms with Crippen LogP contribution in [0.5, 0.6) is 17.4 Å². The topological polar surface area (TPSA) is 73.5 Å².